The largest absolute Gasteiger partial charge is 0.469 e. The number of ether oxygens (including phenoxy) is 1. The molecule has 2 atom stereocenters. The molecule has 4 nitrogen and oxygen atoms in total. The van der Waals surface area contributed by atoms with Gasteiger partial charge in [0.15, 0.2) is 9.84 Å². The van der Waals surface area contributed by atoms with E-state index >= 15 is 0 Å². The fraction of sp³-hybridized carbons (Fsp3) is 0.889. The molecule has 88 valence electrons. The normalized spacial score (nSPS) is 26.1. The number of carbonyl (C=O) groups is 1. The Hall–Kier alpha value is -0.230. The van der Waals surface area contributed by atoms with Crippen LogP contribution in [0.2, 0.25) is 0 Å². The fourth-order valence-corrected chi connectivity index (χ4v) is 5.12. The number of sulfone groups is 1. The molecule has 1 fully saturated rings. The van der Waals surface area contributed by atoms with Gasteiger partial charge in [-0.2, -0.15) is 11.8 Å². The highest BCUT2D eigenvalue weighted by Crippen LogP contribution is 2.26. The second-order valence-corrected chi connectivity index (χ2v) is 7.34. The average molecular weight is 252 g/mol. The molecule has 0 radical (unpaired) electrons. The Bertz CT molecular complexity index is 323. The highest BCUT2D eigenvalue weighted by Gasteiger charge is 2.29. The summed E-state index contributed by atoms with van der Waals surface area (Å²) in [5.41, 5.74) is 0. The maximum absolute atomic E-state index is 11.2. The molecule has 0 aromatic heterocycles. The molecule has 1 rings (SSSR count). The van der Waals surface area contributed by atoms with Crippen molar-refractivity contribution in [2.75, 3.05) is 24.4 Å². The molecule has 1 saturated heterocycles. The van der Waals surface area contributed by atoms with Gasteiger partial charge in [-0.1, -0.05) is 6.92 Å². The predicted octanol–water partition coefficient (Wildman–Crippen LogP) is 0.716. The molecule has 15 heavy (non-hydrogen) atoms. The molecule has 1 aliphatic rings. The van der Waals surface area contributed by atoms with Crippen LogP contribution in [0.1, 0.15) is 13.3 Å². The van der Waals surface area contributed by atoms with Gasteiger partial charge in [-0.25, -0.2) is 8.42 Å². The third kappa shape index (κ3) is 4.03. The Labute approximate surface area is 94.7 Å². The third-order valence-electron chi connectivity index (χ3n) is 2.38. The van der Waals surface area contributed by atoms with Gasteiger partial charge in [-0.05, 0) is 6.42 Å². The summed E-state index contributed by atoms with van der Waals surface area (Å²) in [6.07, 6.45) is 0.709. The minimum absolute atomic E-state index is 0.155. The van der Waals surface area contributed by atoms with E-state index in [4.69, 9.17) is 0 Å². The Kier molecular flexibility index (Phi) is 4.45. The number of rotatable bonds is 4. The first kappa shape index (κ1) is 12.8. The van der Waals surface area contributed by atoms with Crippen molar-refractivity contribution in [1.82, 2.24) is 0 Å². The van der Waals surface area contributed by atoms with Crippen LogP contribution in [-0.4, -0.2) is 44.0 Å². The number of thioether (sulfide) groups is 1. The van der Waals surface area contributed by atoms with E-state index in [1.54, 1.807) is 18.7 Å². The van der Waals surface area contributed by atoms with Crippen LogP contribution in [0.5, 0.6) is 0 Å². The lowest BCUT2D eigenvalue weighted by atomic mass is 10.2. The first-order chi connectivity index (χ1) is 6.94. The lowest BCUT2D eigenvalue weighted by Crippen LogP contribution is -2.17. The van der Waals surface area contributed by atoms with Gasteiger partial charge >= 0.3 is 5.97 Å². The van der Waals surface area contributed by atoms with Gasteiger partial charge in [0.05, 0.1) is 24.5 Å². The smallest absolute Gasteiger partial charge is 0.309 e. The van der Waals surface area contributed by atoms with Crippen LogP contribution in [0.15, 0.2) is 0 Å². The topological polar surface area (TPSA) is 60.4 Å². The molecule has 2 unspecified atom stereocenters. The Morgan fingerprint density at radius 1 is 1.60 bits per heavy atom. The Morgan fingerprint density at radius 3 is 2.73 bits per heavy atom. The minimum atomic E-state index is -2.81. The van der Waals surface area contributed by atoms with Crippen molar-refractivity contribution in [3.05, 3.63) is 0 Å². The molecule has 0 aliphatic carbocycles. The number of methoxy groups -OCH3 is 1. The van der Waals surface area contributed by atoms with Crippen molar-refractivity contribution in [1.29, 1.82) is 0 Å². The monoisotopic (exact) mass is 252 g/mol. The van der Waals surface area contributed by atoms with E-state index in [-0.39, 0.29) is 28.6 Å². The van der Waals surface area contributed by atoms with Crippen LogP contribution < -0.4 is 0 Å². The van der Waals surface area contributed by atoms with Crippen molar-refractivity contribution >= 4 is 27.6 Å². The number of esters is 1. The number of hydrogen-bond acceptors (Lipinski definition) is 5. The molecule has 0 bridgehead atoms. The maximum atomic E-state index is 11.2. The molecule has 0 N–H and O–H groups in total. The van der Waals surface area contributed by atoms with Crippen LogP contribution >= 0.6 is 11.8 Å². The standard InChI is InChI=1S/C9H16O4S2/c1-7(9(10)13-2)5-14-8-3-4-15(11,12)6-8/h7-8H,3-6H2,1-2H3. The van der Waals surface area contributed by atoms with Crippen LogP contribution in [0, 0.1) is 5.92 Å². The molecular formula is C9H16O4S2. The summed E-state index contributed by atoms with van der Waals surface area (Å²) in [7, 11) is -1.44. The zero-order valence-electron chi connectivity index (χ0n) is 8.93. The molecule has 1 heterocycles. The van der Waals surface area contributed by atoms with E-state index in [1.807, 2.05) is 0 Å². The quantitative estimate of drug-likeness (QED) is 0.690. The van der Waals surface area contributed by atoms with Gasteiger partial charge in [-0.15, -0.1) is 0 Å². The van der Waals surface area contributed by atoms with E-state index in [2.05, 4.69) is 4.74 Å². The molecule has 0 spiro atoms. The van der Waals surface area contributed by atoms with E-state index in [9.17, 15) is 13.2 Å². The summed E-state index contributed by atoms with van der Waals surface area (Å²) in [6, 6.07) is 0. The van der Waals surface area contributed by atoms with E-state index in [0.717, 1.165) is 0 Å². The maximum Gasteiger partial charge on any atom is 0.309 e. The van der Waals surface area contributed by atoms with Crippen LogP contribution in [0.3, 0.4) is 0 Å². The summed E-state index contributed by atoms with van der Waals surface area (Å²) in [6.45, 7) is 1.79. The van der Waals surface area contributed by atoms with Crippen LogP contribution in [-0.2, 0) is 19.4 Å². The molecule has 6 heteroatoms. The van der Waals surface area contributed by atoms with Gasteiger partial charge in [-0.3, -0.25) is 4.79 Å². The van der Waals surface area contributed by atoms with Crippen molar-refractivity contribution in [2.45, 2.75) is 18.6 Å². The second-order valence-electron chi connectivity index (χ2n) is 3.78. The lowest BCUT2D eigenvalue weighted by Gasteiger charge is -2.11. The van der Waals surface area contributed by atoms with E-state index < -0.39 is 9.84 Å². The minimum Gasteiger partial charge on any atom is -0.469 e. The zero-order chi connectivity index (χ0) is 11.5. The van der Waals surface area contributed by atoms with Gasteiger partial charge < -0.3 is 4.74 Å². The third-order valence-corrected chi connectivity index (χ3v) is 5.92. The van der Waals surface area contributed by atoms with E-state index in [0.29, 0.717) is 12.2 Å². The molecule has 0 aromatic rings. The summed E-state index contributed by atoms with van der Waals surface area (Å²) in [4.78, 5) is 11.1. The van der Waals surface area contributed by atoms with Crippen LogP contribution in [0.4, 0.5) is 0 Å². The molecule has 0 amide bonds. The number of hydrogen-bond donors (Lipinski definition) is 0. The zero-order valence-corrected chi connectivity index (χ0v) is 10.6. The van der Waals surface area contributed by atoms with Crippen molar-refractivity contribution in [3.63, 3.8) is 0 Å². The second kappa shape index (κ2) is 5.21. The SMILES string of the molecule is COC(=O)C(C)CSC1CCS(=O)(=O)C1. The molecule has 0 saturated carbocycles. The van der Waals surface area contributed by atoms with Crippen molar-refractivity contribution in [3.8, 4) is 0 Å². The molecule has 1 aliphatic heterocycles. The first-order valence-corrected chi connectivity index (χ1v) is 7.71. The summed E-state index contributed by atoms with van der Waals surface area (Å²) in [5, 5.41) is 0.155. The Balaban J connectivity index is 2.30. The van der Waals surface area contributed by atoms with Gasteiger partial charge in [0.2, 0.25) is 0 Å². The van der Waals surface area contributed by atoms with Gasteiger partial charge in [0.25, 0.3) is 0 Å². The Morgan fingerprint density at radius 2 is 2.27 bits per heavy atom. The number of carbonyl (C=O) groups excluding carboxylic acids is 1. The van der Waals surface area contributed by atoms with Crippen molar-refractivity contribution in [2.24, 2.45) is 5.92 Å². The highest BCUT2D eigenvalue weighted by molar-refractivity contribution is 8.01. The lowest BCUT2D eigenvalue weighted by molar-refractivity contribution is -0.143. The molecular weight excluding hydrogens is 236 g/mol. The molecule has 0 aromatic carbocycles. The van der Waals surface area contributed by atoms with Crippen molar-refractivity contribution < 1.29 is 17.9 Å². The first-order valence-electron chi connectivity index (χ1n) is 4.84. The van der Waals surface area contributed by atoms with Gasteiger partial charge in [0.1, 0.15) is 0 Å². The predicted molar refractivity (Wildman–Crippen MR) is 60.7 cm³/mol. The highest BCUT2D eigenvalue weighted by atomic mass is 32.2. The fourth-order valence-electron chi connectivity index (χ4n) is 1.44. The summed E-state index contributed by atoms with van der Waals surface area (Å²) in [5.74, 6) is 0.780. The summed E-state index contributed by atoms with van der Waals surface area (Å²) < 4.78 is 26.9. The van der Waals surface area contributed by atoms with Crippen LogP contribution in [0.25, 0.3) is 0 Å². The summed E-state index contributed by atoms with van der Waals surface area (Å²) >= 11 is 1.56. The average Bonchev–Trinajstić information content (AvgIpc) is 2.53. The van der Waals surface area contributed by atoms with Gasteiger partial charge in [0, 0.05) is 11.0 Å². The van der Waals surface area contributed by atoms with E-state index in [1.165, 1.54) is 7.11 Å².